The molecule has 3 rings (SSSR count). The molecule has 0 spiro atoms. The highest BCUT2D eigenvalue weighted by Crippen LogP contribution is 2.24. The summed E-state index contributed by atoms with van der Waals surface area (Å²) >= 11 is 11.8. The van der Waals surface area contributed by atoms with Gasteiger partial charge in [0.2, 0.25) is 15.9 Å². The fourth-order valence-electron chi connectivity index (χ4n) is 2.37. The Kier molecular flexibility index (Phi) is 6.51. The van der Waals surface area contributed by atoms with Gasteiger partial charge in [0, 0.05) is 23.2 Å². The lowest BCUT2D eigenvalue weighted by Gasteiger charge is -2.09. The monoisotopic (exact) mass is 437 g/mol. The van der Waals surface area contributed by atoms with Gasteiger partial charge in [0.15, 0.2) is 0 Å². The number of nitrogens with zero attached hydrogens (tertiary/aromatic N) is 2. The van der Waals surface area contributed by atoms with E-state index in [4.69, 9.17) is 27.9 Å². The Morgan fingerprint density at radius 3 is 2.43 bits per heavy atom. The second-order valence-electron chi connectivity index (χ2n) is 5.94. The van der Waals surface area contributed by atoms with Gasteiger partial charge in [-0.3, -0.25) is 0 Å². The molecule has 9 heteroatoms. The molecule has 146 valence electrons. The van der Waals surface area contributed by atoms with Gasteiger partial charge in [-0.15, -0.1) is 10.2 Å². The maximum absolute atomic E-state index is 12.3. The first-order valence-electron chi connectivity index (χ1n) is 8.33. The summed E-state index contributed by atoms with van der Waals surface area (Å²) in [6, 6.07) is 15.7. The Morgan fingerprint density at radius 2 is 1.75 bits per heavy atom. The molecule has 6 nitrogen and oxygen atoms in total. The number of rotatable bonds is 7. The van der Waals surface area contributed by atoms with E-state index in [1.54, 1.807) is 12.1 Å². The van der Waals surface area contributed by atoms with Crippen molar-refractivity contribution in [3.63, 3.8) is 0 Å². The molecule has 0 fully saturated rings. The Labute approximate surface area is 173 Å². The third-order valence-corrected chi connectivity index (χ3v) is 5.99. The molecule has 0 radical (unpaired) electrons. The minimum absolute atomic E-state index is 0.0343. The van der Waals surface area contributed by atoms with Crippen molar-refractivity contribution in [2.45, 2.75) is 11.8 Å². The highest BCUT2D eigenvalue weighted by Gasteiger charge is 2.18. The number of nitrogens with one attached hydrogen (secondary N) is 1. The zero-order valence-corrected chi connectivity index (χ0v) is 17.2. The van der Waals surface area contributed by atoms with E-state index in [1.165, 1.54) is 18.2 Å². The van der Waals surface area contributed by atoms with Crippen LogP contribution in [0, 0.1) is 6.92 Å². The van der Waals surface area contributed by atoms with Gasteiger partial charge >= 0.3 is 0 Å². The van der Waals surface area contributed by atoms with Crippen LogP contribution < -0.4 is 9.46 Å². The number of hydrogen-bond acceptors (Lipinski definition) is 5. The molecule has 0 aliphatic rings. The van der Waals surface area contributed by atoms with Gasteiger partial charge < -0.3 is 4.74 Å². The van der Waals surface area contributed by atoms with Crippen LogP contribution in [-0.2, 0) is 10.0 Å². The molecule has 0 aliphatic heterocycles. The van der Waals surface area contributed by atoms with Crippen molar-refractivity contribution in [3.05, 3.63) is 70.2 Å². The molecule has 0 saturated heterocycles. The predicted octanol–water partition coefficient (Wildman–Crippen LogP) is 4.12. The topological polar surface area (TPSA) is 81.2 Å². The summed E-state index contributed by atoms with van der Waals surface area (Å²) in [5.74, 6) is 0.302. The number of ether oxygens (including phenoxy) is 1. The molecule has 1 aromatic heterocycles. The first kappa shape index (κ1) is 20.5. The van der Waals surface area contributed by atoms with Crippen LogP contribution in [0.1, 0.15) is 5.56 Å². The van der Waals surface area contributed by atoms with Crippen molar-refractivity contribution in [1.82, 2.24) is 14.9 Å². The third kappa shape index (κ3) is 5.20. The first-order valence-corrected chi connectivity index (χ1v) is 10.6. The quantitative estimate of drug-likeness (QED) is 0.562. The molecular formula is C19H17Cl2N3O3S. The molecule has 0 aliphatic carbocycles. The Hall–Kier alpha value is -2.19. The van der Waals surface area contributed by atoms with Crippen molar-refractivity contribution in [1.29, 1.82) is 0 Å². The van der Waals surface area contributed by atoms with E-state index in [2.05, 4.69) is 14.9 Å². The molecule has 2 aromatic carbocycles. The first-order chi connectivity index (χ1) is 13.3. The maximum Gasteiger partial charge on any atom is 0.242 e. The van der Waals surface area contributed by atoms with Crippen LogP contribution in [0.25, 0.3) is 11.3 Å². The van der Waals surface area contributed by atoms with Crippen molar-refractivity contribution in [2.75, 3.05) is 13.2 Å². The Bertz CT molecular complexity index is 1060. The van der Waals surface area contributed by atoms with E-state index < -0.39 is 10.0 Å². The van der Waals surface area contributed by atoms with Gasteiger partial charge in [-0.1, -0.05) is 53.0 Å². The van der Waals surface area contributed by atoms with Crippen LogP contribution >= 0.6 is 23.2 Å². The number of hydrogen-bond donors (Lipinski definition) is 1. The highest BCUT2D eigenvalue weighted by molar-refractivity contribution is 7.89. The lowest BCUT2D eigenvalue weighted by atomic mass is 10.1. The molecule has 0 unspecified atom stereocenters. The zero-order valence-electron chi connectivity index (χ0n) is 14.9. The lowest BCUT2D eigenvalue weighted by Crippen LogP contribution is -2.28. The van der Waals surface area contributed by atoms with Crippen molar-refractivity contribution in [3.8, 4) is 17.1 Å². The summed E-state index contributed by atoms with van der Waals surface area (Å²) in [4.78, 5) is -0.0797. The van der Waals surface area contributed by atoms with Gasteiger partial charge in [-0.25, -0.2) is 13.1 Å². The summed E-state index contributed by atoms with van der Waals surface area (Å²) in [6.45, 7) is 2.13. The molecular weight excluding hydrogens is 421 g/mol. The lowest BCUT2D eigenvalue weighted by molar-refractivity contribution is 0.307. The average molecular weight is 438 g/mol. The van der Waals surface area contributed by atoms with E-state index in [1.807, 2.05) is 31.2 Å². The Balaban J connectivity index is 1.55. The van der Waals surface area contributed by atoms with E-state index in [-0.39, 0.29) is 28.1 Å². The van der Waals surface area contributed by atoms with Crippen LogP contribution in [0.5, 0.6) is 5.88 Å². The number of halogens is 2. The van der Waals surface area contributed by atoms with Crippen LogP contribution in [0.2, 0.25) is 10.0 Å². The van der Waals surface area contributed by atoms with Crippen LogP contribution in [0.15, 0.2) is 59.5 Å². The fraction of sp³-hybridized carbons (Fsp3) is 0.158. The zero-order chi connectivity index (χ0) is 20.1. The number of benzene rings is 2. The molecule has 1 N–H and O–H groups in total. The normalized spacial score (nSPS) is 11.4. The van der Waals surface area contributed by atoms with Crippen molar-refractivity contribution < 1.29 is 13.2 Å². The van der Waals surface area contributed by atoms with Crippen LogP contribution in [-0.4, -0.2) is 31.8 Å². The van der Waals surface area contributed by atoms with Gasteiger partial charge in [0.25, 0.3) is 0 Å². The molecule has 0 atom stereocenters. The van der Waals surface area contributed by atoms with Crippen LogP contribution in [0.4, 0.5) is 0 Å². The molecule has 0 saturated carbocycles. The second-order valence-corrected chi connectivity index (χ2v) is 8.52. The summed E-state index contributed by atoms with van der Waals surface area (Å²) < 4.78 is 32.5. The molecule has 0 amide bonds. The molecule has 0 bridgehead atoms. The number of aromatic nitrogens is 2. The predicted molar refractivity (Wildman–Crippen MR) is 109 cm³/mol. The third-order valence-electron chi connectivity index (χ3n) is 3.81. The number of sulfonamides is 1. The summed E-state index contributed by atoms with van der Waals surface area (Å²) in [7, 11) is -3.80. The summed E-state index contributed by atoms with van der Waals surface area (Å²) in [5, 5.41) is 8.51. The minimum atomic E-state index is -3.80. The highest BCUT2D eigenvalue weighted by atomic mass is 35.5. The molecule has 1 heterocycles. The molecule has 3 aromatic rings. The van der Waals surface area contributed by atoms with Crippen molar-refractivity contribution >= 4 is 33.2 Å². The van der Waals surface area contributed by atoms with Gasteiger partial charge in [-0.05, 0) is 31.2 Å². The average Bonchev–Trinajstić information content (AvgIpc) is 2.68. The van der Waals surface area contributed by atoms with Gasteiger partial charge in [0.05, 0.1) is 10.7 Å². The number of aryl methyl sites for hydroxylation is 1. The minimum Gasteiger partial charge on any atom is -0.475 e. The van der Waals surface area contributed by atoms with Crippen LogP contribution in [0.3, 0.4) is 0 Å². The van der Waals surface area contributed by atoms with E-state index in [0.717, 1.165) is 16.8 Å². The maximum atomic E-state index is 12.3. The Morgan fingerprint density at radius 1 is 1.00 bits per heavy atom. The molecule has 28 heavy (non-hydrogen) atoms. The van der Waals surface area contributed by atoms with E-state index in [9.17, 15) is 8.42 Å². The standard InChI is InChI=1S/C19H17Cl2N3O3S/c1-13-2-4-14(5-3-13)17-8-9-19(24-23-17)27-11-10-22-28(25,26)18-12-15(20)6-7-16(18)21/h2-9,12,22H,10-11H2,1H3. The largest absolute Gasteiger partial charge is 0.475 e. The van der Waals surface area contributed by atoms with E-state index in [0.29, 0.717) is 5.88 Å². The van der Waals surface area contributed by atoms with Gasteiger partial charge in [-0.2, -0.15) is 0 Å². The SMILES string of the molecule is Cc1ccc(-c2ccc(OCCNS(=O)(=O)c3cc(Cl)ccc3Cl)nn2)cc1. The van der Waals surface area contributed by atoms with Crippen molar-refractivity contribution in [2.24, 2.45) is 0 Å². The van der Waals surface area contributed by atoms with E-state index >= 15 is 0 Å². The van der Waals surface area contributed by atoms with Gasteiger partial charge in [0.1, 0.15) is 11.5 Å². The summed E-state index contributed by atoms with van der Waals surface area (Å²) in [6.07, 6.45) is 0. The smallest absolute Gasteiger partial charge is 0.242 e. The fourth-order valence-corrected chi connectivity index (χ4v) is 4.14. The summed E-state index contributed by atoms with van der Waals surface area (Å²) in [5.41, 5.74) is 2.85. The second kappa shape index (κ2) is 8.87.